The molecule has 0 unspecified atom stereocenters. The van der Waals surface area contributed by atoms with Crippen LogP contribution in [0, 0.1) is 6.07 Å². The van der Waals surface area contributed by atoms with Crippen LogP contribution in [0.2, 0.25) is 0 Å². The topological polar surface area (TPSA) is 0 Å². The summed E-state index contributed by atoms with van der Waals surface area (Å²) in [7, 11) is 0. The monoisotopic (exact) mass is 964 g/mol. The molecule has 8 aromatic carbocycles. The van der Waals surface area contributed by atoms with Gasteiger partial charge in [-0.15, -0.1) is 28.8 Å². The van der Waals surface area contributed by atoms with Crippen LogP contribution in [0.3, 0.4) is 0 Å². The van der Waals surface area contributed by atoms with E-state index in [0.717, 1.165) is 24.1 Å². The Bertz CT molecular complexity index is 2590. The van der Waals surface area contributed by atoms with E-state index in [2.05, 4.69) is 175 Å². The number of halogens is 5. The third-order valence-electron chi connectivity index (χ3n) is 11.2. The van der Waals surface area contributed by atoms with Crippen molar-refractivity contribution >= 4 is 3.71 Å². The Morgan fingerprint density at radius 2 is 0.969 bits per heavy atom. The smallest absolute Gasteiger partial charge is 0.172 e. The summed E-state index contributed by atoms with van der Waals surface area (Å²) in [6.45, 7) is 14.0. The van der Waals surface area contributed by atoms with Gasteiger partial charge in [0.1, 0.15) is 0 Å². The fourth-order valence-electron chi connectivity index (χ4n) is 8.10. The second-order valence-electron chi connectivity index (χ2n) is 17.7. The molecule has 0 heterocycles. The second-order valence-corrected chi connectivity index (χ2v) is 18.4. The van der Waals surface area contributed by atoms with Crippen molar-refractivity contribution in [2.75, 3.05) is 0 Å². The first-order valence-corrected chi connectivity index (χ1v) is 22.5. The van der Waals surface area contributed by atoms with Crippen molar-refractivity contribution in [1.82, 2.24) is 0 Å². The fraction of sp³-hybridized carbons (Fsp3) is 0.172. The van der Waals surface area contributed by atoms with E-state index in [9.17, 15) is 13.2 Å². The number of hydrogen-bond acceptors (Lipinski definition) is 0. The summed E-state index contributed by atoms with van der Waals surface area (Å²) in [6.07, 6.45) is -3.33. The Morgan fingerprint density at radius 3 is 1.44 bits per heavy atom. The van der Waals surface area contributed by atoms with E-state index in [4.69, 9.17) is 0 Å². The summed E-state index contributed by atoms with van der Waals surface area (Å²) in [5.41, 5.74) is 18.4. The third kappa shape index (κ3) is 11.6. The zero-order valence-corrected chi connectivity index (χ0v) is 41.0. The Labute approximate surface area is 405 Å². The van der Waals surface area contributed by atoms with E-state index in [1.807, 2.05) is 34.0 Å². The Kier molecular flexibility index (Phi) is 16.7. The molecule has 8 aromatic rings. The molecule has 1 aliphatic rings. The van der Waals surface area contributed by atoms with E-state index in [-0.39, 0.29) is 35.6 Å². The van der Waals surface area contributed by atoms with E-state index in [0.29, 0.717) is 0 Å². The van der Waals surface area contributed by atoms with Gasteiger partial charge in [0.05, 0.1) is 0 Å². The van der Waals surface area contributed by atoms with E-state index >= 15 is 0 Å². The average molecular weight is 967 g/mol. The van der Waals surface area contributed by atoms with Gasteiger partial charge in [-0.2, -0.15) is 18.2 Å². The van der Waals surface area contributed by atoms with Crippen LogP contribution in [-0.2, 0) is 47.7 Å². The summed E-state index contributed by atoms with van der Waals surface area (Å²) in [4.78, 5) is 0. The van der Waals surface area contributed by atoms with Crippen LogP contribution in [-0.4, -0.2) is 3.71 Å². The van der Waals surface area contributed by atoms with Crippen LogP contribution in [0.4, 0.5) is 13.2 Å². The standard InChI is InChI=1S/C45H41.C8H5F3.C5H5.2ClH.Zr/c1-44(2,3)42-28-38-32(26-40(42)36-23-15-13-21-34(36)30-17-9-7-10-18-30)25-33-27-41(43(29-39(33)38)45(4,5)6)37-24-16-14-22-35(37)31-19-11-8-12-20-31;1-6-2-4-7(5-3-6)8(9,10)11;1-2-4-5-3-1;;;/h7-24,26,28-29H,25H2,1-6H3;1-5H;1-5H;2*1H;/q-1;;-1;;;+2/p-2. The number of alkyl halides is 3. The predicted molar refractivity (Wildman–Crippen MR) is 251 cm³/mol. The molecule has 0 nitrogen and oxygen atoms in total. The summed E-state index contributed by atoms with van der Waals surface area (Å²) >= 11 is 1.18. The Hall–Kier alpha value is -4.99. The number of benzene rings is 7. The normalized spacial score (nSPS) is 11.6. The van der Waals surface area contributed by atoms with Gasteiger partial charge in [0.2, 0.25) is 0 Å². The van der Waals surface area contributed by atoms with E-state index in [1.54, 1.807) is 0 Å². The minimum absolute atomic E-state index is 0. The second kappa shape index (κ2) is 21.3. The molecule has 0 bridgehead atoms. The summed E-state index contributed by atoms with van der Waals surface area (Å²) in [5, 5.41) is 0. The summed E-state index contributed by atoms with van der Waals surface area (Å²) in [5.74, 6) is 0. The first-order valence-electron chi connectivity index (χ1n) is 21.0. The first-order chi connectivity index (χ1) is 29.6. The van der Waals surface area contributed by atoms with Crippen molar-refractivity contribution in [1.29, 1.82) is 0 Å². The van der Waals surface area contributed by atoms with Crippen molar-refractivity contribution in [2.24, 2.45) is 0 Å². The number of hydrogen-bond donors (Lipinski definition) is 0. The molecule has 64 heavy (non-hydrogen) atoms. The molecule has 0 spiro atoms. The van der Waals surface area contributed by atoms with Crippen molar-refractivity contribution in [3.05, 3.63) is 221 Å². The van der Waals surface area contributed by atoms with Crippen molar-refractivity contribution < 1.29 is 62.2 Å². The van der Waals surface area contributed by atoms with Crippen LogP contribution < -0.4 is 24.8 Å². The molecule has 0 N–H and O–H groups in total. The molecule has 0 saturated carbocycles. The van der Waals surface area contributed by atoms with Crippen LogP contribution in [0.25, 0.3) is 55.6 Å². The first kappa shape index (κ1) is 50.0. The summed E-state index contributed by atoms with van der Waals surface area (Å²) in [6, 6.07) is 65.9. The van der Waals surface area contributed by atoms with Crippen LogP contribution in [0.15, 0.2) is 182 Å². The molecule has 0 amide bonds. The van der Waals surface area contributed by atoms with Crippen LogP contribution in [0.5, 0.6) is 0 Å². The Balaban J connectivity index is 0.000000340. The molecule has 9 rings (SSSR count). The maximum Gasteiger partial charge on any atom is -0.172 e. The van der Waals surface area contributed by atoms with Gasteiger partial charge in [-0.05, 0) is 56.2 Å². The zero-order valence-electron chi connectivity index (χ0n) is 37.0. The molecule has 0 radical (unpaired) electrons. The molecule has 1 aliphatic carbocycles. The van der Waals surface area contributed by atoms with Gasteiger partial charge in [0, 0.05) is 0 Å². The van der Waals surface area contributed by atoms with Gasteiger partial charge >= 0.3 is 82.7 Å². The molecule has 0 atom stereocenters. The molecule has 6 heteroatoms. The van der Waals surface area contributed by atoms with E-state index in [1.165, 1.54) is 114 Å². The molecule has 0 aliphatic heterocycles. The fourth-order valence-corrected chi connectivity index (χ4v) is 8.57. The van der Waals surface area contributed by atoms with Crippen molar-refractivity contribution in [2.45, 2.75) is 65.0 Å². The third-order valence-corrected chi connectivity index (χ3v) is 12.0. The van der Waals surface area contributed by atoms with Crippen LogP contribution >= 0.6 is 0 Å². The molecular formula is C58H51Cl2F3Zr-2. The van der Waals surface area contributed by atoms with Gasteiger partial charge in [-0.3, -0.25) is 0 Å². The predicted octanol–water partition coefficient (Wildman–Crippen LogP) is 10.1. The summed E-state index contributed by atoms with van der Waals surface area (Å²) < 4.78 is 37.9. The van der Waals surface area contributed by atoms with Gasteiger partial charge in [0.15, 0.2) is 0 Å². The molecule has 0 saturated heterocycles. The molecule has 0 fully saturated rings. The maximum absolute atomic E-state index is 12.0. The maximum atomic E-state index is 12.0. The van der Waals surface area contributed by atoms with Gasteiger partial charge in [0.25, 0.3) is 0 Å². The number of fused-ring (bicyclic) bond motifs is 3. The average Bonchev–Trinajstić information content (AvgIpc) is 3.98. The minimum Gasteiger partial charge on any atom is -1.00 e. The number of rotatable bonds is 5. The zero-order chi connectivity index (χ0) is 44.1. The Morgan fingerprint density at radius 1 is 0.500 bits per heavy atom. The SMILES string of the molecule is CC(C)(C)c1cc2c([c-]c1-c1ccccc1-c1ccccc1)Cc1cc(-c3ccccc3-c3ccccc3)c(C(C)(C)C)cc1-2.FC(F)(F)c1ccc([CH]=[Zr+2])cc1.[Cl-].[Cl-].c1cc[cH-]c1. The van der Waals surface area contributed by atoms with Crippen molar-refractivity contribution in [3.8, 4) is 55.6 Å². The molecular weight excluding hydrogens is 916 g/mol. The molecule has 324 valence electrons. The van der Waals surface area contributed by atoms with E-state index < -0.39 is 11.7 Å². The van der Waals surface area contributed by atoms with Crippen LogP contribution in [0.1, 0.15) is 74.9 Å². The minimum atomic E-state index is -4.22. The van der Waals surface area contributed by atoms with Gasteiger partial charge in [-0.25, -0.2) is 12.1 Å². The van der Waals surface area contributed by atoms with Crippen molar-refractivity contribution in [3.63, 3.8) is 0 Å². The largest absolute Gasteiger partial charge is 1.00 e. The quantitative estimate of drug-likeness (QED) is 0.151. The van der Waals surface area contributed by atoms with Gasteiger partial charge < -0.3 is 24.8 Å². The molecule has 0 aromatic heterocycles. The van der Waals surface area contributed by atoms with Gasteiger partial charge in [-0.1, -0.05) is 185 Å².